The molecule has 4 heteroatoms. The van der Waals surface area contributed by atoms with Crippen LogP contribution in [0.2, 0.25) is 0 Å². The molecule has 0 unspecified atom stereocenters. The average Bonchev–Trinajstić information content (AvgIpc) is 2.89. The second kappa shape index (κ2) is 6.16. The van der Waals surface area contributed by atoms with Gasteiger partial charge in [0.25, 0.3) is 0 Å². The molecule has 0 spiro atoms. The Morgan fingerprint density at radius 2 is 2.05 bits per heavy atom. The lowest BCUT2D eigenvalue weighted by molar-refractivity contribution is -0.132. The zero-order valence-corrected chi connectivity index (χ0v) is 12.6. The van der Waals surface area contributed by atoms with Crippen molar-refractivity contribution in [2.24, 2.45) is 11.8 Å². The fourth-order valence-electron chi connectivity index (χ4n) is 3.84. The summed E-state index contributed by atoms with van der Waals surface area (Å²) in [5.74, 6) is 2.05. The first-order chi connectivity index (χ1) is 10.2. The fourth-order valence-corrected chi connectivity index (χ4v) is 3.84. The Kier molecular flexibility index (Phi) is 4.27. The predicted molar refractivity (Wildman–Crippen MR) is 78.3 cm³/mol. The van der Waals surface area contributed by atoms with Crippen LogP contribution in [-0.2, 0) is 14.3 Å². The van der Waals surface area contributed by atoms with Crippen molar-refractivity contribution in [2.45, 2.75) is 31.3 Å². The summed E-state index contributed by atoms with van der Waals surface area (Å²) in [5.41, 5.74) is 1.21. The highest BCUT2D eigenvalue weighted by atomic mass is 16.7. The number of carbonyl (C=O) groups excluding carboxylic acids is 1. The van der Waals surface area contributed by atoms with Gasteiger partial charge in [0, 0.05) is 19.4 Å². The Morgan fingerprint density at radius 1 is 1.19 bits per heavy atom. The molecule has 21 heavy (non-hydrogen) atoms. The molecule has 2 saturated carbocycles. The van der Waals surface area contributed by atoms with Crippen LogP contribution >= 0.6 is 0 Å². The van der Waals surface area contributed by atoms with E-state index in [9.17, 15) is 4.79 Å². The van der Waals surface area contributed by atoms with E-state index >= 15 is 0 Å². The fraction of sp³-hybridized carbons (Fsp3) is 0.588. The zero-order valence-electron chi connectivity index (χ0n) is 12.6. The summed E-state index contributed by atoms with van der Waals surface area (Å²) in [7, 11) is 3.29. The normalized spacial score (nSPS) is 31.4. The van der Waals surface area contributed by atoms with E-state index in [2.05, 4.69) is 12.1 Å². The number of hydrogen-bond acceptors (Lipinski definition) is 4. The van der Waals surface area contributed by atoms with E-state index < -0.39 is 0 Å². The van der Waals surface area contributed by atoms with Crippen molar-refractivity contribution in [3.05, 3.63) is 29.8 Å². The van der Waals surface area contributed by atoms with Gasteiger partial charge in [-0.1, -0.05) is 12.1 Å². The maximum atomic E-state index is 12.4. The summed E-state index contributed by atoms with van der Waals surface area (Å²) in [5, 5.41) is 0. The number of carbonyl (C=O) groups is 1. The third kappa shape index (κ3) is 2.83. The molecule has 114 valence electrons. The lowest BCUT2D eigenvalue weighted by atomic mass is 9.75. The Morgan fingerprint density at radius 3 is 2.81 bits per heavy atom. The van der Waals surface area contributed by atoms with Gasteiger partial charge in [-0.2, -0.15) is 0 Å². The molecular weight excluding hydrogens is 268 g/mol. The molecule has 0 amide bonds. The molecule has 2 aliphatic rings. The van der Waals surface area contributed by atoms with Crippen molar-refractivity contribution in [3.8, 4) is 5.75 Å². The molecule has 0 aliphatic heterocycles. The van der Waals surface area contributed by atoms with E-state index in [-0.39, 0.29) is 18.8 Å². The predicted octanol–water partition coefficient (Wildman–Crippen LogP) is 2.77. The van der Waals surface area contributed by atoms with Gasteiger partial charge in [0.1, 0.15) is 18.3 Å². The van der Waals surface area contributed by atoms with Gasteiger partial charge in [-0.15, -0.1) is 0 Å². The highest BCUT2D eigenvalue weighted by Gasteiger charge is 2.47. The minimum atomic E-state index is 0.0260. The average molecular weight is 290 g/mol. The first kappa shape index (κ1) is 14.5. The van der Waals surface area contributed by atoms with Crippen LogP contribution in [0.3, 0.4) is 0 Å². The minimum Gasteiger partial charge on any atom is -0.497 e. The highest BCUT2D eigenvalue weighted by Crippen LogP contribution is 2.49. The van der Waals surface area contributed by atoms with Crippen LogP contribution in [0, 0.1) is 11.8 Å². The van der Waals surface area contributed by atoms with Crippen LogP contribution < -0.4 is 4.74 Å². The number of fused-ring (bicyclic) bond motifs is 2. The van der Waals surface area contributed by atoms with Crippen LogP contribution in [0.25, 0.3) is 0 Å². The Balaban J connectivity index is 1.78. The van der Waals surface area contributed by atoms with E-state index in [1.54, 1.807) is 14.2 Å². The smallest absolute Gasteiger partial charge is 0.146 e. The van der Waals surface area contributed by atoms with Gasteiger partial charge >= 0.3 is 0 Å². The molecule has 3 rings (SSSR count). The van der Waals surface area contributed by atoms with Gasteiger partial charge in [-0.25, -0.2) is 0 Å². The van der Waals surface area contributed by atoms with E-state index in [1.807, 2.05) is 12.1 Å². The van der Waals surface area contributed by atoms with Crippen LogP contribution in [0.1, 0.15) is 30.7 Å². The summed E-state index contributed by atoms with van der Waals surface area (Å²) in [4.78, 5) is 12.4. The first-order valence-electron chi connectivity index (χ1n) is 7.50. The van der Waals surface area contributed by atoms with Crippen molar-refractivity contribution in [3.63, 3.8) is 0 Å². The van der Waals surface area contributed by atoms with Gasteiger partial charge in [-0.05, 0) is 42.4 Å². The monoisotopic (exact) mass is 290 g/mol. The summed E-state index contributed by atoms with van der Waals surface area (Å²) in [6, 6.07) is 8.10. The van der Waals surface area contributed by atoms with Gasteiger partial charge in [0.2, 0.25) is 0 Å². The van der Waals surface area contributed by atoms with Gasteiger partial charge < -0.3 is 14.2 Å². The third-order valence-electron chi connectivity index (χ3n) is 4.87. The second-order valence-electron chi connectivity index (χ2n) is 6.00. The van der Waals surface area contributed by atoms with Crippen LogP contribution in [-0.4, -0.2) is 32.9 Å². The first-order valence-corrected chi connectivity index (χ1v) is 7.50. The molecule has 0 aromatic heterocycles. The van der Waals surface area contributed by atoms with E-state index in [0.717, 1.165) is 18.6 Å². The number of hydrogen-bond donors (Lipinski definition) is 0. The van der Waals surface area contributed by atoms with E-state index in [4.69, 9.17) is 14.2 Å². The molecule has 2 bridgehead atoms. The second-order valence-corrected chi connectivity index (χ2v) is 6.00. The van der Waals surface area contributed by atoms with Gasteiger partial charge in [0.15, 0.2) is 0 Å². The van der Waals surface area contributed by atoms with E-state index in [0.29, 0.717) is 24.0 Å². The quantitative estimate of drug-likeness (QED) is 0.782. The largest absolute Gasteiger partial charge is 0.497 e. The number of ether oxygens (including phenoxy) is 3. The lowest BCUT2D eigenvalue weighted by Crippen LogP contribution is -2.29. The minimum absolute atomic E-state index is 0.0260. The van der Waals surface area contributed by atoms with Crippen LogP contribution in [0.5, 0.6) is 5.75 Å². The number of ketones is 1. The topological polar surface area (TPSA) is 44.8 Å². The van der Waals surface area contributed by atoms with Crippen LogP contribution in [0.4, 0.5) is 0 Å². The number of benzene rings is 1. The van der Waals surface area contributed by atoms with Crippen molar-refractivity contribution in [2.75, 3.05) is 21.0 Å². The zero-order chi connectivity index (χ0) is 14.8. The molecular formula is C17H22O4. The van der Waals surface area contributed by atoms with Gasteiger partial charge in [-0.3, -0.25) is 4.79 Å². The Hall–Kier alpha value is -1.39. The molecule has 0 radical (unpaired) electrons. The standard InChI is InChI=1S/C17H22O4/c1-19-10-21-17-8-12-7-15(17)16(18)9-14(12)11-4-3-5-13(6-11)20-2/h3-6,12,14-15,17H,7-10H2,1-2H3/t12-,14+,15-,17-/m1/s1. The van der Waals surface area contributed by atoms with E-state index in [1.165, 1.54) is 5.56 Å². The van der Waals surface area contributed by atoms with Crippen LogP contribution in [0.15, 0.2) is 24.3 Å². The number of methoxy groups -OCH3 is 2. The third-order valence-corrected chi connectivity index (χ3v) is 4.87. The molecule has 1 aromatic carbocycles. The highest BCUT2D eigenvalue weighted by molar-refractivity contribution is 5.84. The summed E-state index contributed by atoms with van der Waals surface area (Å²) in [6.07, 6.45) is 2.53. The van der Waals surface area contributed by atoms with Crippen molar-refractivity contribution in [1.82, 2.24) is 0 Å². The molecule has 4 nitrogen and oxygen atoms in total. The maximum absolute atomic E-state index is 12.4. The number of rotatable bonds is 5. The molecule has 1 aromatic rings. The van der Waals surface area contributed by atoms with Crippen molar-refractivity contribution >= 4 is 5.78 Å². The number of Topliss-reactive ketones (excluding diaryl/α,β-unsaturated/α-hetero) is 1. The SMILES string of the molecule is COCO[C@@H]1C[C@H]2C[C@@H]1C(=O)C[C@H]2c1cccc(OC)c1. The Labute approximate surface area is 125 Å². The van der Waals surface area contributed by atoms with Crippen molar-refractivity contribution in [1.29, 1.82) is 0 Å². The lowest BCUT2D eigenvalue weighted by Gasteiger charge is -2.28. The molecule has 2 fully saturated rings. The molecule has 0 saturated heterocycles. The molecule has 0 heterocycles. The Bertz CT molecular complexity index is 513. The maximum Gasteiger partial charge on any atom is 0.146 e. The molecule has 2 aliphatic carbocycles. The summed E-state index contributed by atoms with van der Waals surface area (Å²) < 4.78 is 16.0. The molecule has 0 N–H and O–H groups in total. The van der Waals surface area contributed by atoms with Crippen molar-refractivity contribution < 1.29 is 19.0 Å². The summed E-state index contributed by atoms with van der Waals surface area (Å²) >= 11 is 0. The molecule has 4 atom stereocenters. The van der Waals surface area contributed by atoms with Gasteiger partial charge in [0.05, 0.1) is 13.2 Å². The summed E-state index contributed by atoms with van der Waals surface area (Å²) in [6.45, 7) is 0.269.